The minimum atomic E-state index is 0.635. The van der Waals surface area contributed by atoms with Gasteiger partial charge in [0.25, 0.3) is 0 Å². The maximum Gasteiger partial charge on any atom is 0.0452 e. The van der Waals surface area contributed by atoms with Crippen molar-refractivity contribution < 1.29 is 0 Å². The molecule has 2 nitrogen and oxygen atoms in total. The molecule has 3 heteroatoms. The third-order valence-corrected chi connectivity index (χ3v) is 4.17. The van der Waals surface area contributed by atoms with Gasteiger partial charge < -0.3 is 5.73 Å². The average molecular weight is 253 g/mol. The van der Waals surface area contributed by atoms with E-state index in [1.807, 2.05) is 18.2 Å². The van der Waals surface area contributed by atoms with Crippen LogP contribution in [0.3, 0.4) is 0 Å². The van der Waals surface area contributed by atoms with Crippen LogP contribution in [-0.4, -0.2) is 17.0 Å². The van der Waals surface area contributed by atoms with Crippen LogP contribution >= 0.6 is 11.6 Å². The van der Waals surface area contributed by atoms with E-state index in [9.17, 15) is 0 Å². The summed E-state index contributed by atoms with van der Waals surface area (Å²) in [5, 5.41) is 0.823. The van der Waals surface area contributed by atoms with Gasteiger partial charge in [0.05, 0.1) is 0 Å². The molecular formula is C14H21ClN2. The molecule has 0 saturated carbocycles. The van der Waals surface area contributed by atoms with Crippen LogP contribution in [0.15, 0.2) is 18.2 Å². The first kappa shape index (κ1) is 12.7. The van der Waals surface area contributed by atoms with Crippen LogP contribution in [0.25, 0.3) is 0 Å². The quantitative estimate of drug-likeness (QED) is 0.814. The van der Waals surface area contributed by atoms with E-state index >= 15 is 0 Å². The molecule has 1 fully saturated rings. The second kappa shape index (κ2) is 5.28. The SMILES string of the molecule is CC1CCCC(C)N1Cc1cc(N)ccc1Cl. The van der Waals surface area contributed by atoms with E-state index in [-0.39, 0.29) is 0 Å². The second-order valence-electron chi connectivity index (χ2n) is 5.15. The minimum Gasteiger partial charge on any atom is -0.399 e. The number of hydrogen-bond acceptors (Lipinski definition) is 2. The molecule has 0 spiro atoms. The van der Waals surface area contributed by atoms with Gasteiger partial charge in [0.2, 0.25) is 0 Å². The molecule has 1 aromatic carbocycles. The fourth-order valence-electron chi connectivity index (χ4n) is 2.70. The number of likely N-dealkylation sites (tertiary alicyclic amines) is 1. The summed E-state index contributed by atoms with van der Waals surface area (Å²) in [7, 11) is 0. The van der Waals surface area contributed by atoms with E-state index in [0.717, 1.165) is 22.8 Å². The molecule has 2 rings (SSSR count). The molecule has 1 saturated heterocycles. The molecular weight excluding hydrogens is 232 g/mol. The lowest BCUT2D eigenvalue weighted by Crippen LogP contribution is -2.43. The third kappa shape index (κ3) is 2.93. The first-order chi connectivity index (χ1) is 8.08. The fraction of sp³-hybridized carbons (Fsp3) is 0.571. The van der Waals surface area contributed by atoms with E-state index in [1.165, 1.54) is 19.3 Å². The Bertz CT molecular complexity index is 382. The van der Waals surface area contributed by atoms with Crippen molar-refractivity contribution >= 4 is 17.3 Å². The van der Waals surface area contributed by atoms with Crippen molar-refractivity contribution in [1.29, 1.82) is 0 Å². The van der Waals surface area contributed by atoms with E-state index in [2.05, 4.69) is 18.7 Å². The van der Waals surface area contributed by atoms with Crippen molar-refractivity contribution in [2.45, 2.75) is 51.7 Å². The predicted molar refractivity (Wildman–Crippen MR) is 74.2 cm³/mol. The average Bonchev–Trinajstić information content (AvgIpc) is 2.28. The first-order valence-corrected chi connectivity index (χ1v) is 6.75. The Hall–Kier alpha value is -0.730. The molecule has 0 bridgehead atoms. The van der Waals surface area contributed by atoms with Crippen LogP contribution in [0.2, 0.25) is 5.02 Å². The predicted octanol–water partition coefficient (Wildman–Crippen LogP) is 3.69. The van der Waals surface area contributed by atoms with E-state index in [0.29, 0.717) is 12.1 Å². The van der Waals surface area contributed by atoms with Gasteiger partial charge in [-0.05, 0) is 50.5 Å². The summed E-state index contributed by atoms with van der Waals surface area (Å²) in [5.74, 6) is 0. The molecule has 0 amide bonds. The number of hydrogen-bond donors (Lipinski definition) is 1. The lowest BCUT2D eigenvalue weighted by molar-refractivity contribution is 0.0953. The number of rotatable bonds is 2. The van der Waals surface area contributed by atoms with Gasteiger partial charge in [-0.25, -0.2) is 0 Å². The molecule has 1 heterocycles. The van der Waals surface area contributed by atoms with Gasteiger partial charge >= 0.3 is 0 Å². The molecule has 1 aliphatic heterocycles. The largest absolute Gasteiger partial charge is 0.399 e. The summed E-state index contributed by atoms with van der Waals surface area (Å²) < 4.78 is 0. The number of nitrogen functional groups attached to an aromatic ring is 1. The van der Waals surface area contributed by atoms with Gasteiger partial charge in [0.1, 0.15) is 0 Å². The highest BCUT2D eigenvalue weighted by molar-refractivity contribution is 6.31. The summed E-state index contributed by atoms with van der Waals surface area (Å²) in [4.78, 5) is 2.53. The van der Waals surface area contributed by atoms with Gasteiger partial charge in [-0.2, -0.15) is 0 Å². The topological polar surface area (TPSA) is 29.3 Å². The van der Waals surface area contributed by atoms with E-state index in [1.54, 1.807) is 0 Å². The first-order valence-electron chi connectivity index (χ1n) is 6.37. The lowest BCUT2D eigenvalue weighted by atomic mass is 9.96. The lowest BCUT2D eigenvalue weighted by Gasteiger charge is -2.39. The highest BCUT2D eigenvalue weighted by Gasteiger charge is 2.25. The summed E-state index contributed by atoms with van der Waals surface area (Å²) in [6.07, 6.45) is 3.90. The van der Waals surface area contributed by atoms with Gasteiger partial charge in [-0.1, -0.05) is 18.0 Å². The number of benzene rings is 1. The monoisotopic (exact) mass is 252 g/mol. The van der Waals surface area contributed by atoms with Crippen LogP contribution in [0.4, 0.5) is 5.69 Å². The number of piperidine rings is 1. The Morgan fingerprint density at radius 1 is 1.29 bits per heavy atom. The number of nitrogens with two attached hydrogens (primary N) is 1. The van der Waals surface area contributed by atoms with Gasteiger partial charge in [0, 0.05) is 29.3 Å². The molecule has 94 valence electrons. The molecule has 1 aliphatic rings. The summed E-state index contributed by atoms with van der Waals surface area (Å²) in [6, 6.07) is 7.02. The molecule has 0 radical (unpaired) electrons. The number of anilines is 1. The van der Waals surface area contributed by atoms with E-state index in [4.69, 9.17) is 17.3 Å². The van der Waals surface area contributed by atoms with Gasteiger partial charge in [0.15, 0.2) is 0 Å². The van der Waals surface area contributed by atoms with E-state index < -0.39 is 0 Å². The molecule has 2 unspecified atom stereocenters. The summed E-state index contributed by atoms with van der Waals surface area (Å²) >= 11 is 6.23. The molecule has 17 heavy (non-hydrogen) atoms. The summed E-state index contributed by atoms with van der Waals surface area (Å²) in [6.45, 7) is 5.51. The van der Waals surface area contributed by atoms with Crippen molar-refractivity contribution in [3.63, 3.8) is 0 Å². The van der Waals surface area contributed by atoms with Crippen LogP contribution < -0.4 is 5.73 Å². The van der Waals surface area contributed by atoms with Crippen molar-refractivity contribution in [1.82, 2.24) is 4.90 Å². The van der Waals surface area contributed by atoms with Crippen LogP contribution in [0.5, 0.6) is 0 Å². The Labute approximate surface area is 109 Å². The number of nitrogens with zero attached hydrogens (tertiary/aromatic N) is 1. The molecule has 0 aliphatic carbocycles. The third-order valence-electron chi connectivity index (χ3n) is 3.80. The molecule has 2 N–H and O–H groups in total. The standard InChI is InChI=1S/C14H21ClN2/c1-10-4-3-5-11(2)17(10)9-12-8-13(16)6-7-14(12)15/h6-8,10-11H,3-5,9,16H2,1-2H3. The minimum absolute atomic E-state index is 0.635. The Morgan fingerprint density at radius 2 is 1.94 bits per heavy atom. The Balaban J connectivity index is 2.16. The Morgan fingerprint density at radius 3 is 2.59 bits per heavy atom. The second-order valence-corrected chi connectivity index (χ2v) is 5.56. The zero-order valence-electron chi connectivity index (χ0n) is 10.6. The maximum absolute atomic E-state index is 6.23. The van der Waals surface area contributed by atoms with Crippen molar-refractivity contribution in [3.8, 4) is 0 Å². The summed E-state index contributed by atoms with van der Waals surface area (Å²) in [5.41, 5.74) is 7.76. The number of halogens is 1. The van der Waals surface area contributed by atoms with Crippen molar-refractivity contribution in [2.75, 3.05) is 5.73 Å². The van der Waals surface area contributed by atoms with Crippen molar-refractivity contribution in [3.05, 3.63) is 28.8 Å². The zero-order chi connectivity index (χ0) is 12.4. The normalized spacial score (nSPS) is 26.1. The van der Waals surface area contributed by atoms with Crippen LogP contribution in [-0.2, 0) is 6.54 Å². The fourth-order valence-corrected chi connectivity index (χ4v) is 2.88. The van der Waals surface area contributed by atoms with Gasteiger partial charge in [-0.3, -0.25) is 4.90 Å². The van der Waals surface area contributed by atoms with Gasteiger partial charge in [-0.15, -0.1) is 0 Å². The highest BCUT2D eigenvalue weighted by atomic mass is 35.5. The smallest absolute Gasteiger partial charge is 0.0452 e. The van der Waals surface area contributed by atoms with Crippen LogP contribution in [0, 0.1) is 0 Å². The van der Waals surface area contributed by atoms with Crippen molar-refractivity contribution in [2.24, 2.45) is 0 Å². The zero-order valence-corrected chi connectivity index (χ0v) is 11.4. The molecule has 2 atom stereocenters. The molecule has 1 aromatic rings. The Kier molecular flexibility index (Phi) is 3.95. The molecule has 0 aromatic heterocycles. The van der Waals surface area contributed by atoms with Crippen LogP contribution in [0.1, 0.15) is 38.7 Å². The maximum atomic E-state index is 6.23. The highest BCUT2D eigenvalue weighted by Crippen LogP contribution is 2.27.